The number of pyridine rings is 1. The van der Waals surface area contributed by atoms with E-state index in [1.165, 1.54) is 6.92 Å². The van der Waals surface area contributed by atoms with Crippen LogP contribution in [0.2, 0.25) is 0 Å². The van der Waals surface area contributed by atoms with Crippen LogP contribution in [-0.2, 0) is 10.9 Å². The van der Waals surface area contributed by atoms with E-state index in [0.717, 1.165) is 6.33 Å². The number of amides is 1. The number of hydrogen-bond acceptors (Lipinski definition) is 7. The largest absolute Gasteiger partial charge is 0.441 e. The number of aromatic nitrogens is 3. The first kappa shape index (κ1) is 11.1. The molecule has 0 radical (unpaired) electrons. The number of nitrogens with zero attached hydrogens (tertiary/aromatic N) is 4. The van der Waals surface area contributed by atoms with Gasteiger partial charge in [-0.1, -0.05) is 0 Å². The van der Waals surface area contributed by atoms with Crippen molar-refractivity contribution < 1.29 is 33.7 Å². The van der Waals surface area contributed by atoms with Crippen LogP contribution in [-0.4, -0.2) is 47.0 Å². The number of cyclic esters (lactones) is 1. The molecule has 2 N–H and O–H groups in total. The molecular weight excluding hydrogens is 377 g/mol. The summed E-state index contributed by atoms with van der Waals surface area (Å²) in [5, 5.41) is 3.87. The molecule has 2 aliphatic rings. The number of fused-ring (bicyclic) bond motifs is 1. The molecule has 28 heavy (non-hydrogen) atoms. The van der Waals surface area contributed by atoms with E-state index in [2.05, 4.69) is 20.3 Å². The molecule has 2 aromatic heterocycles. The van der Waals surface area contributed by atoms with Gasteiger partial charge in [-0.2, -0.15) is 13.2 Å². The molecule has 0 bridgehead atoms. The Bertz CT molecular complexity index is 1220. The molecule has 8 nitrogen and oxygen atoms in total. The maximum atomic E-state index is 13.9. The summed E-state index contributed by atoms with van der Waals surface area (Å²) in [4.78, 5) is 23.3. The maximum absolute atomic E-state index is 13.9. The van der Waals surface area contributed by atoms with Gasteiger partial charge in [-0.05, 0) is 19.1 Å². The van der Waals surface area contributed by atoms with Crippen molar-refractivity contribution in [1.82, 2.24) is 20.3 Å². The lowest BCUT2D eigenvalue weighted by Gasteiger charge is -2.29. The van der Waals surface area contributed by atoms with Crippen molar-refractivity contribution in [3.8, 4) is 11.4 Å². The van der Waals surface area contributed by atoms with Crippen LogP contribution in [0.5, 0.6) is 0 Å². The second-order valence-electron chi connectivity index (χ2n) is 5.69. The lowest BCUT2D eigenvalue weighted by molar-refractivity contribution is -0.137. The summed E-state index contributed by atoms with van der Waals surface area (Å²) in [6.07, 6.45) is -6.04. The Hall–Kier alpha value is -2.95. The molecule has 1 amide bonds. The first-order chi connectivity index (χ1) is 16.3. The lowest BCUT2D eigenvalue weighted by Crippen LogP contribution is -2.44. The smallest absolute Gasteiger partial charge is 0.416 e. The van der Waals surface area contributed by atoms with Gasteiger partial charge < -0.3 is 15.0 Å². The second-order valence-corrected chi connectivity index (χ2v) is 5.69. The van der Waals surface area contributed by atoms with Crippen molar-refractivity contribution in [2.45, 2.75) is 19.2 Å². The molecule has 0 aliphatic carbocycles. The SMILES string of the molecule is [2H]C1([2H])NC([2H])([2H])C([2H])([2H])N(c2cc(C(F)(F)F)cc(-c3ncnc4c3[C@H](C)OC(=O)N4)n2)C1([2H])[2H]. The topological polar surface area (TPSA) is 92.3 Å². The van der Waals surface area contributed by atoms with Gasteiger partial charge in [0.05, 0.1) is 22.3 Å². The summed E-state index contributed by atoms with van der Waals surface area (Å²) in [5.41, 5.74) is -2.21. The molecule has 0 aromatic carbocycles. The lowest BCUT2D eigenvalue weighted by atomic mass is 10.0. The summed E-state index contributed by atoms with van der Waals surface area (Å²) >= 11 is 0. The molecule has 0 unspecified atom stereocenters. The standard InChI is InChI=1S/C17H17F3N6O2/c1-9-13-14(22-8-23-15(13)25-16(27)28-9)11-6-10(17(18,19)20)7-12(24-11)26-4-2-21-3-5-26/h6-9,21H,2-5H2,1H3,(H,22,23,25,27)/t9-/m0/s1/i2D2,3D2,4D2,5D2. The van der Waals surface area contributed by atoms with Crippen molar-refractivity contribution in [2.75, 3.05) is 36.2 Å². The number of carbonyl (C=O) groups excluding carboxylic acids is 1. The molecule has 1 fully saturated rings. The van der Waals surface area contributed by atoms with Crippen LogP contribution in [0.1, 0.15) is 35.1 Å². The van der Waals surface area contributed by atoms with Crippen molar-refractivity contribution in [3.63, 3.8) is 0 Å². The van der Waals surface area contributed by atoms with Gasteiger partial charge in [0.2, 0.25) is 0 Å². The third-order valence-corrected chi connectivity index (χ3v) is 3.87. The van der Waals surface area contributed by atoms with Crippen LogP contribution in [0.15, 0.2) is 18.5 Å². The number of alkyl halides is 3. The first-order valence-corrected chi connectivity index (χ1v) is 7.81. The van der Waals surface area contributed by atoms with E-state index in [9.17, 15) is 18.0 Å². The average Bonchev–Trinajstić information content (AvgIpc) is 2.70. The predicted octanol–water partition coefficient (Wildman–Crippen LogP) is 2.59. The third kappa shape index (κ3) is 3.44. The Balaban J connectivity index is 2.01. The average molecular weight is 402 g/mol. The molecule has 11 heteroatoms. The van der Waals surface area contributed by atoms with Gasteiger partial charge in [-0.25, -0.2) is 19.7 Å². The van der Waals surface area contributed by atoms with E-state index in [0.29, 0.717) is 6.07 Å². The molecule has 4 rings (SSSR count). The molecular formula is C17H17F3N6O2. The number of anilines is 2. The second kappa shape index (κ2) is 6.89. The summed E-state index contributed by atoms with van der Waals surface area (Å²) in [7, 11) is 0. The molecule has 1 atom stereocenters. The van der Waals surface area contributed by atoms with E-state index >= 15 is 0 Å². The maximum Gasteiger partial charge on any atom is 0.416 e. The van der Waals surface area contributed by atoms with Gasteiger partial charge in [0.1, 0.15) is 29.8 Å². The zero-order valence-corrected chi connectivity index (χ0v) is 14.0. The minimum atomic E-state index is -5.05. The zero-order valence-electron chi connectivity index (χ0n) is 22.0. The summed E-state index contributed by atoms with van der Waals surface area (Å²) < 4.78 is 111. The van der Waals surface area contributed by atoms with Crippen LogP contribution in [0.25, 0.3) is 11.4 Å². The van der Waals surface area contributed by atoms with Gasteiger partial charge >= 0.3 is 12.3 Å². The third-order valence-electron chi connectivity index (χ3n) is 3.87. The highest BCUT2D eigenvalue weighted by Gasteiger charge is 2.34. The van der Waals surface area contributed by atoms with Gasteiger partial charge in [0.15, 0.2) is 0 Å². The minimum Gasteiger partial charge on any atom is -0.441 e. The Morgan fingerprint density at radius 3 is 2.75 bits per heavy atom. The fourth-order valence-corrected chi connectivity index (χ4v) is 2.69. The quantitative estimate of drug-likeness (QED) is 0.798. The number of ether oxygens (including phenoxy) is 1. The zero-order chi connectivity index (χ0) is 27.1. The van der Waals surface area contributed by atoms with Gasteiger partial charge in [0, 0.05) is 31.5 Å². The van der Waals surface area contributed by atoms with Crippen LogP contribution in [0, 0.1) is 0 Å². The Kier molecular flexibility index (Phi) is 2.75. The normalized spacial score (nSPS) is 31.1. The molecule has 4 heterocycles. The van der Waals surface area contributed by atoms with Gasteiger partial charge in [-0.3, -0.25) is 5.32 Å². The van der Waals surface area contributed by atoms with Crippen LogP contribution in [0.4, 0.5) is 29.6 Å². The molecule has 148 valence electrons. The number of piperazine rings is 1. The summed E-state index contributed by atoms with van der Waals surface area (Å²) in [5.74, 6) is -1.13. The highest BCUT2D eigenvalue weighted by atomic mass is 19.4. The van der Waals surface area contributed by atoms with Gasteiger partial charge in [-0.15, -0.1) is 0 Å². The van der Waals surface area contributed by atoms with Crippen molar-refractivity contribution in [1.29, 1.82) is 0 Å². The predicted molar refractivity (Wildman–Crippen MR) is 93.9 cm³/mol. The number of carbonyl (C=O) groups is 1. The number of hydrogen-bond donors (Lipinski definition) is 2. The number of rotatable bonds is 2. The number of nitrogens with one attached hydrogen (secondary N) is 2. The molecule has 1 saturated heterocycles. The Morgan fingerprint density at radius 1 is 1.29 bits per heavy atom. The van der Waals surface area contributed by atoms with E-state index in [-0.39, 0.29) is 28.0 Å². The van der Waals surface area contributed by atoms with E-state index < -0.39 is 61.4 Å². The van der Waals surface area contributed by atoms with Crippen LogP contribution < -0.4 is 15.5 Å². The van der Waals surface area contributed by atoms with E-state index in [4.69, 9.17) is 15.7 Å². The van der Waals surface area contributed by atoms with E-state index in [1.807, 2.05) is 0 Å². The van der Waals surface area contributed by atoms with Gasteiger partial charge in [0.25, 0.3) is 0 Å². The fraction of sp³-hybridized carbons (Fsp3) is 0.412. The summed E-state index contributed by atoms with van der Waals surface area (Å²) in [6.45, 7) is -12.0. The molecule has 0 spiro atoms. The highest BCUT2D eigenvalue weighted by molar-refractivity contribution is 5.88. The van der Waals surface area contributed by atoms with Crippen molar-refractivity contribution in [2.24, 2.45) is 0 Å². The van der Waals surface area contributed by atoms with Crippen LogP contribution in [0.3, 0.4) is 0 Å². The molecule has 0 saturated carbocycles. The van der Waals surface area contributed by atoms with Crippen molar-refractivity contribution in [3.05, 3.63) is 29.6 Å². The molecule has 2 aliphatic heterocycles. The highest BCUT2D eigenvalue weighted by Crippen LogP contribution is 2.38. The van der Waals surface area contributed by atoms with Crippen molar-refractivity contribution >= 4 is 17.7 Å². The van der Waals surface area contributed by atoms with Crippen LogP contribution >= 0.6 is 0 Å². The number of halogens is 3. The van der Waals surface area contributed by atoms with E-state index in [1.54, 1.807) is 5.32 Å². The Labute approximate surface area is 169 Å². The first-order valence-electron chi connectivity index (χ1n) is 11.8. The Morgan fingerprint density at radius 2 is 2.04 bits per heavy atom. The monoisotopic (exact) mass is 402 g/mol. The summed E-state index contributed by atoms with van der Waals surface area (Å²) in [6, 6.07) is 0.831. The minimum absolute atomic E-state index is 0.0341. The fourth-order valence-electron chi connectivity index (χ4n) is 2.69. The molecule has 2 aromatic rings.